The molecule has 1 aliphatic heterocycles. The van der Waals surface area contributed by atoms with Crippen molar-refractivity contribution >= 4 is 6.03 Å². The zero-order valence-corrected chi connectivity index (χ0v) is 11.1. The number of hydrogen-bond donors (Lipinski definition) is 2. The summed E-state index contributed by atoms with van der Waals surface area (Å²) in [4.78, 5) is 11.7. The van der Waals surface area contributed by atoms with E-state index >= 15 is 0 Å². The molecule has 1 atom stereocenters. The SMILES string of the molecule is Cc1nn(C)c(C)c1CNC(=O)NC1CCOC1. The van der Waals surface area contributed by atoms with Crippen LogP contribution in [0.1, 0.15) is 23.4 Å². The summed E-state index contributed by atoms with van der Waals surface area (Å²) in [6, 6.07) is -0.00533. The van der Waals surface area contributed by atoms with E-state index < -0.39 is 0 Å². The predicted molar refractivity (Wildman–Crippen MR) is 67.3 cm³/mol. The van der Waals surface area contributed by atoms with E-state index in [1.54, 1.807) is 0 Å². The number of amides is 2. The van der Waals surface area contributed by atoms with E-state index in [0.717, 1.165) is 30.0 Å². The third-order valence-electron chi connectivity index (χ3n) is 3.35. The van der Waals surface area contributed by atoms with Gasteiger partial charge in [-0.2, -0.15) is 5.10 Å². The average molecular weight is 252 g/mol. The van der Waals surface area contributed by atoms with Crippen LogP contribution >= 0.6 is 0 Å². The highest BCUT2D eigenvalue weighted by atomic mass is 16.5. The molecule has 1 aromatic heterocycles. The minimum atomic E-state index is -0.145. The van der Waals surface area contributed by atoms with Crippen LogP contribution in [-0.2, 0) is 18.3 Å². The molecule has 6 heteroatoms. The van der Waals surface area contributed by atoms with Gasteiger partial charge in [0, 0.05) is 31.5 Å². The molecule has 2 N–H and O–H groups in total. The lowest BCUT2D eigenvalue weighted by Crippen LogP contribution is -2.42. The standard InChI is InChI=1S/C12H20N4O2/c1-8-11(9(2)16(3)15-8)6-13-12(17)14-10-4-5-18-7-10/h10H,4-7H2,1-3H3,(H2,13,14,17). The Bertz CT molecular complexity index is 436. The largest absolute Gasteiger partial charge is 0.379 e. The van der Waals surface area contributed by atoms with E-state index in [-0.39, 0.29) is 12.1 Å². The van der Waals surface area contributed by atoms with E-state index in [9.17, 15) is 4.79 Å². The second-order valence-corrected chi connectivity index (χ2v) is 4.66. The Balaban J connectivity index is 1.85. The maximum atomic E-state index is 11.7. The first-order valence-corrected chi connectivity index (χ1v) is 6.19. The van der Waals surface area contributed by atoms with Crippen molar-refractivity contribution in [3.8, 4) is 0 Å². The van der Waals surface area contributed by atoms with Crippen LogP contribution in [0.2, 0.25) is 0 Å². The zero-order chi connectivity index (χ0) is 13.1. The maximum absolute atomic E-state index is 11.7. The summed E-state index contributed by atoms with van der Waals surface area (Å²) in [5, 5.41) is 10.1. The van der Waals surface area contributed by atoms with E-state index in [0.29, 0.717) is 13.2 Å². The van der Waals surface area contributed by atoms with Gasteiger partial charge in [0.05, 0.1) is 18.3 Å². The Kier molecular flexibility index (Phi) is 3.86. The molecule has 0 bridgehead atoms. The molecule has 1 aromatic rings. The molecule has 0 aliphatic carbocycles. The van der Waals surface area contributed by atoms with E-state index in [1.165, 1.54) is 0 Å². The van der Waals surface area contributed by atoms with Crippen molar-refractivity contribution in [3.05, 3.63) is 17.0 Å². The van der Waals surface area contributed by atoms with Crippen molar-refractivity contribution < 1.29 is 9.53 Å². The van der Waals surface area contributed by atoms with Crippen molar-refractivity contribution in [1.82, 2.24) is 20.4 Å². The first-order chi connectivity index (χ1) is 8.58. The third-order valence-corrected chi connectivity index (χ3v) is 3.35. The van der Waals surface area contributed by atoms with Gasteiger partial charge in [-0.05, 0) is 20.3 Å². The molecule has 0 radical (unpaired) electrons. The Hall–Kier alpha value is -1.56. The van der Waals surface area contributed by atoms with Crippen LogP contribution in [0.3, 0.4) is 0 Å². The lowest BCUT2D eigenvalue weighted by atomic mass is 10.2. The highest BCUT2D eigenvalue weighted by Crippen LogP contribution is 2.11. The topological polar surface area (TPSA) is 68.2 Å². The average Bonchev–Trinajstić information content (AvgIpc) is 2.88. The van der Waals surface area contributed by atoms with Crippen LogP contribution in [0, 0.1) is 13.8 Å². The summed E-state index contributed by atoms with van der Waals surface area (Å²) < 4.78 is 7.03. The Labute approximate surface area is 107 Å². The van der Waals surface area contributed by atoms with Gasteiger partial charge >= 0.3 is 6.03 Å². The summed E-state index contributed by atoms with van der Waals surface area (Å²) in [7, 11) is 1.90. The molecule has 2 rings (SSSR count). The maximum Gasteiger partial charge on any atom is 0.315 e. The highest BCUT2D eigenvalue weighted by Gasteiger charge is 2.18. The molecule has 100 valence electrons. The lowest BCUT2D eigenvalue weighted by molar-refractivity contribution is 0.188. The molecular formula is C12H20N4O2. The van der Waals surface area contributed by atoms with Crippen molar-refractivity contribution in [2.45, 2.75) is 32.9 Å². The summed E-state index contributed by atoms with van der Waals surface area (Å²) in [5.74, 6) is 0. The van der Waals surface area contributed by atoms with Gasteiger partial charge in [-0.15, -0.1) is 0 Å². The predicted octanol–water partition coefficient (Wildman–Crippen LogP) is 0.625. The van der Waals surface area contributed by atoms with E-state index in [4.69, 9.17) is 4.74 Å². The smallest absolute Gasteiger partial charge is 0.315 e. The van der Waals surface area contributed by atoms with Crippen LogP contribution < -0.4 is 10.6 Å². The number of nitrogens with zero attached hydrogens (tertiary/aromatic N) is 2. The summed E-state index contributed by atoms with van der Waals surface area (Å²) in [6.07, 6.45) is 0.887. The first-order valence-electron chi connectivity index (χ1n) is 6.19. The number of carbonyl (C=O) groups is 1. The Morgan fingerprint density at radius 3 is 2.89 bits per heavy atom. The number of rotatable bonds is 3. The molecule has 1 fully saturated rings. The molecule has 2 heterocycles. The fourth-order valence-electron chi connectivity index (χ4n) is 2.13. The molecule has 1 aliphatic rings. The number of ether oxygens (including phenoxy) is 1. The normalized spacial score (nSPS) is 18.9. The molecule has 18 heavy (non-hydrogen) atoms. The van der Waals surface area contributed by atoms with Gasteiger partial charge in [0.25, 0.3) is 0 Å². The molecule has 1 unspecified atom stereocenters. The van der Waals surface area contributed by atoms with Gasteiger partial charge in [-0.3, -0.25) is 4.68 Å². The van der Waals surface area contributed by atoms with Crippen LogP contribution in [0.5, 0.6) is 0 Å². The number of aromatic nitrogens is 2. The number of urea groups is 1. The van der Waals surface area contributed by atoms with Crippen molar-refractivity contribution in [2.75, 3.05) is 13.2 Å². The summed E-state index contributed by atoms with van der Waals surface area (Å²) in [5.41, 5.74) is 3.12. The second-order valence-electron chi connectivity index (χ2n) is 4.66. The van der Waals surface area contributed by atoms with Gasteiger partial charge in [0.15, 0.2) is 0 Å². The van der Waals surface area contributed by atoms with Crippen LogP contribution in [0.4, 0.5) is 4.79 Å². The molecule has 6 nitrogen and oxygen atoms in total. The Morgan fingerprint density at radius 1 is 1.56 bits per heavy atom. The highest BCUT2D eigenvalue weighted by molar-refractivity contribution is 5.74. The number of nitrogens with one attached hydrogen (secondary N) is 2. The zero-order valence-electron chi connectivity index (χ0n) is 11.1. The van der Waals surface area contributed by atoms with E-state index in [2.05, 4.69) is 15.7 Å². The van der Waals surface area contributed by atoms with Gasteiger partial charge in [-0.25, -0.2) is 4.79 Å². The number of hydrogen-bond acceptors (Lipinski definition) is 3. The molecule has 0 saturated carbocycles. The molecule has 0 spiro atoms. The third kappa shape index (κ3) is 2.81. The molecule has 2 amide bonds. The fraction of sp³-hybridized carbons (Fsp3) is 0.667. The van der Waals surface area contributed by atoms with Crippen LogP contribution in [-0.4, -0.2) is 35.1 Å². The molecule has 1 saturated heterocycles. The van der Waals surface area contributed by atoms with Crippen molar-refractivity contribution in [2.24, 2.45) is 7.05 Å². The minimum Gasteiger partial charge on any atom is -0.379 e. The van der Waals surface area contributed by atoms with Crippen LogP contribution in [0.15, 0.2) is 0 Å². The monoisotopic (exact) mass is 252 g/mol. The first kappa shape index (κ1) is 12.9. The quantitative estimate of drug-likeness (QED) is 0.829. The van der Waals surface area contributed by atoms with Crippen molar-refractivity contribution in [3.63, 3.8) is 0 Å². The minimum absolute atomic E-state index is 0.140. The summed E-state index contributed by atoms with van der Waals surface area (Å²) in [6.45, 7) is 5.79. The van der Waals surface area contributed by atoms with Gasteiger partial charge in [0.2, 0.25) is 0 Å². The second kappa shape index (κ2) is 5.39. The number of carbonyl (C=O) groups excluding carboxylic acids is 1. The van der Waals surface area contributed by atoms with Gasteiger partial charge < -0.3 is 15.4 Å². The molecular weight excluding hydrogens is 232 g/mol. The number of aryl methyl sites for hydroxylation is 2. The lowest BCUT2D eigenvalue weighted by Gasteiger charge is -2.12. The van der Waals surface area contributed by atoms with Crippen molar-refractivity contribution in [1.29, 1.82) is 0 Å². The Morgan fingerprint density at radius 2 is 2.33 bits per heavy atom. The van der Waals surface area contributed by atoms with Gasteiger partial charge in [-0.1, -0.05) is 0 Å². The molecule has 0 aromatic carbocycles. The summed E-state index contributed by atoms with van der Waals surface area (Å²) >= 11 is 0. The van der Waals surface area contributed by atoms with Crippen LogP contribution in [0.25, 0.3) is 0 Å². The van der Waals surface area contributed by atoms with Gasteiger partial charge in [0.1, 0.15) is 0 Å². The van der Waals surface area contributed by atoms with E-state index in [1.807, 2.05) is 25.6 Å². The fourth-order valence-corrected chi connectivity index (χ4v) is 2.13.